The number of anilines is 1. The van der Waals surface area contributed by atoms with E-state index in [0.29, 0.717) is 6.54 Å². The van der Waals surface area contributed by atoms with Crippen molar-refractivity contribution < 1.29 is 9.66 Å². The van der Waals surface area contributed by atoms with E-state index < -0.39 is 4.92 Å². The van der Waals surface area contributed by atoms with Crippen molar-refractivity contribution in [1.29, 1.82) is 0 Å². The molecule has 1 aromatic heterocycles. The number of ether oxygens (including phenoxy) is 1. The molecule has 0 bridgehead atoms. The fourth-order valence-electron chi connectivity index (χ4n) is 1.45. The van der Waals surface area contributed by atoms with Crippen LogP contribution in [0.1, 0.15) is 6.92 Å². The van der Waals surface area contributed by atoms with Crippen LogP contribution in [-0.4, -0.2) is 26.4 Å². The molecule has 110 valence electrons. The van der Waals surface area contributed by atoms with Crippen LogP contribution in [0.5, 0.6) is 11.8 Å². The molecule has 1 N–H and O–H groups in total. The Labute approximate surface area is 129 Å². The van der Waals surface area contributed by atoms with Crippen molar-refractivity contribution >= 4 is 34.8 Å². The smallest absolute Gasteiger partial charge is 0.328 e. The predicted octanol–water partition coefficient (Wildman–Crippen LogP) is 3.31. The third-order valence-electron chi connectivity index (χ3n) is 2.26. The topological polar surface area (TPSA) is 103 Å². The molecule has 0 fully saturated rings. The number of benzene rings is 1. The molecule has 0 aliphatic rings. The summed E-state index contributed by atoms with van der Waals surface area (Å²) >= 11 is 11.7. The molecule has 0 aliphatic carbocycles. The van der Waals surface area contributed by atoms with Gasteiger partial charge in [-0.25, -0.2) is 0 Å². The highest BCUT2D eigenvalue weighted by Crippen LogP contribution is 2.36. The molecular formula is C11H9Cl2N5O3. The maximum absolute atomic E-state index is 11.0. The second-order valence-electron chi connectivity index (χ2n) is 3.69. The van der Waals surface area contributed by atoms with Gasteiger partial charge in [0.1, 0.15) is 0 Å². The Morgan fingerprint density at radius 1 is 1.33 bits per heavy atom. The Morgan fingerprint density at radius 2 is 2.10 bits per heavy atom. The average Bonchev–Trinajstić information content (AvgIpc) is 2.40. The minimum atomic E-state index is -0.616. The second kappa shape index (κ2) is 6.51. The molecule has 0 unspecified atom stereocenters. The summed E-state index contributed by atoms with van der Waals surface area (Å²) < 4.78 is 5.31. The summed E-state index contributed by atoms with van der Waals surface area (Å²) in [6.07, 6.45) is 0. The van der Waals surface area contributed by atoms with E-state index in [1.807, 2.05) is 6.92 Å². The maximum atomic E-state index is 11.0. The lowest BCUT2D eigenvalue weighted by atomic mass is 10.3. The Kier molecular flexibility index (Phi) is 4.71. The number of hydrogen-bond donors (Lipinski definition) is 1. The van der Waals surface area contributed by atoms with E-state index >= 15 is 0 Å². The van der Waals surface area contributed by atoms with Crippen molar-refractivity contribution in [3.63, 3.8) is 0 Å². The number of aromatic nitrogens is 3. The molecule has 10 heteroatoms. The van der Waals surface area contributed by atoms with Crippen LogP contribution in [0.25, 0.3) is 0 Å². The lowest BCUT2D eigenvalue weighted by Crippen LogP contribution is -2.05. The molecular weight excluding hydrogens is 321 g/mol. The fraction of sp³-hybridized carbons (Fsp3) is 0.182. The highest BCUT2D eigenvalue weighted by molar-refractivity contribution is 6.32. The summed E-state index contributed by atoms with van der Waals surface area (Å²) in [6, 6.07) is 3.97. The highest BCUT2D eigenvalue weighted by atomic mass is 35.5. The number of nitro benzene ring substituents is 1. The maximum Gasteiger partial charge on any atom is 0.328 e. The van der Waals surface area contributed by atoms with Gasteiger partial charge in [0, 0.05) is 12.6 Å². The highest BCUT2D eigenvalue weighted by Gasteiger charge is 2.20. The van der Waals surface area contributed by atoms with Crippen LogP contribution in [0.15, 0.2) is 18.2 Å². The minimum Gasteiger partial charge on any atom is -0.415 e. The van der Waals surface area contributed by atoms with Crippen molar-refractivity contribution in [2.45, 2.75) is 6.92 Å². The third kappa shape index (κ3) is 3.67. The van der Waals surface area contributed by atoms with Gasteiger partial charge in [0.15, 0.2) is 0 Å². The van der Waals surface area contributed by atoms with Crippen LogP contribution in [0.2, 0.25) is 10.3 Å². The fourth-order valence-corrected chi connectivity index (χ4v) is 1.81. The van der Waals surface area contributed by atoms with Crippen LogP contribution >= 0.6 is 23.2 Å². The summed E-state index contributed by atoms with van der Waals surface area (Å²) in [5.74, 6) is 0.0380. The Balaban J connectivity index is 2.40. The molecule has 0 amide bonds. The minimum absolute atomic E-state index is 0.0609. The van der Waals surface area contributed by atoms with E-state index in [0.717, 1.165) is 0 Å². The molecule has 0 saturated carbocycles. The quantitative estimate of drug-likeness (QED) is 0.662. The lowest BCUT2D eigenvalue weighted by Gasteiger charge is -2.08. The lowest BCUT2D eigenvalue weighted by molar-refractivity contribution is -0.385. The first-order valence-corrected chi connectivity index (χ1v) is 6.53. The van der Waals surface area contributed by atoms with Crippen LogP contribution in [-0.2, 0) is 0 Å². The van der Waals surface area contributed by atoms with Crippen LogP contribution < -0.4 is 10.1 Å². The SMILES string of the molecule is CCNc1nc(Cl)nc(Oc2c(Cl)cccc2[N+](=O)[O-])n1. The zero-order chi connectivity index (χ0) is 15.4. The van der Waals surface area contributed by atoms with E-state index in [9.17, 15) is 10.1 Å². The van der Waals surface area contributed by atoms with Crippen LogP contribution in [0.3, 0.4) is 0 Å². The number of nitro groups is 1. The number of hydrogen-bond acceptors (Lipinski definition) is 7. The van der Waals surface area contributed by atoms with Crippen molar-refractivity contribution in [3.05, 3.63) is 38.6 Å². The van der Waals surface area contributed by atoms with Gasteiger partial charge in [0.05, 0.1) is 9.95 Å². The van der Waals surface area contributed by atoms with E-state index in [4.69, 9.17) is 27.9 Å². The molecule has 1 aromatic carbocycles. The molecule has 2 rings (SSSR count). The average molecular weight is 330 g/mol. The normalized spacial score (nSPS) is 10.2. The Hall–Kier alpha value is -2.19. The zero-order valence-electron chi connectivity index (χ0n) is 10.7. The molecule has 0 atom stereocenters. The van der Waals surface area contributed by atoms with Gasteiger partial charge in [0.2, 0.25) is 17.0 Å². The first kappa shape index (κ1) is 15.2. The number of nitrogens with one attached hydrogen (secondary N) is 1. The van der Waals surface area contributed by atoms with Crippen molar-refractivity contribution in [2.75, 3.05) is 11.9 Å². The molecule has 0 saturated heterocycles. The van der Waals surface area contributed by atoms with E-state index in [-0.39, 0.29) is 33.7 Å². The molecule has 8 nitrogen and oxygen atoms in total. The molecule has 2 aromatic rings. The van der Waals surface area contributed by atoms with E-state index in [1.165, 1.54) is 18.2 Å². The van der Waals surface area contributed by atoms with Gasteiger partial charge in [-0.05, 0) is 24.6 Å². The van der Waals surface area contributed by atoms with Gasteiger partial charge < -0.3 is 10.1 Å². The zero-order valence-corrected chi connectivity index (χ0v) is 12.2. The predicted molar refractivity (Wildman–Crippen MR) is 77.2 cm³/mol. The molecule has 21 heavy (non-hydrogen) atoms. The summed E-state index contributed by atoms with van der Waals surface area (Å²) in [5.41, 5.74) is -0.302. The molecule has 0 aliphatic heterocycles. The van der Waals surface area contributed by atoms with Gasteiger partial charge in [0.25, 0.3) is 0 Å². The summed E-state index contributed by atoms with van der Waals surface area (Å²) in [7, 11) is 0. The van der Waals surface area contributed by atoms with E-state index in [2.05, 4.69) is 20.3 Å². The first-order chi connectivity index (χ1) is 10.0. The monoisotopic (exact) mass is 329 g/mol. The first-order valence-electron chi connectivity index (χ1n) is 5.77. The van der Waals surface area contributed by atoms with Crippen molar-refractivity contribution in [1.82, 2.24) is 15.0 Å². The number of halogens is 2. The van der Waals surface area contributed by atoms with Crippen LogP contribution in [0, 0.1) is 10.1 Å². The van der Waals surface area contributed by atoms with Gasteiger partial charge >= 0.3 is 11.7 Å². The summed E-state index contributed by atoms with van der Waals surface area (Å²) in [6.45, 7) is 2.41. The van der Waals surface area contributed by atoms with Crippen molar-refractivity contribution in [2.24, 2.45) is 0 Å². The van der Waals surface area contributed by atoms with Gasteiger partial charge in [-0.2, -0.15) is 15.0 Å². The van der Waals surface area contributed by atoms with Gasteiger partial charge in [-0.3, -0.25) is 10.1 Å². The van der Waals surface area contributed by atoms with Gasteiger partial charge in [-0.15, -0.1) is 0 Å². The number of nitrogens with zero attached hydrogens (tertiary/aromatic N) is 4. The Morgan fingerprint density at radius 3 is 2.76 bits per heavy atom. The molecule has 0 spiro atoms. The molecule has 0 radical (unpaired) electrons. The van der Waals surface area contributed by atoms with E-state index in [1.54, 1.807) is 0 Å². The molecule has 1 heterocycles. The van der Waals surface area contributed by atoms with Gasteiger partial charge in [-0.1, -0.05) is 17.7 Å². The summed E-state index contributed by atoms with van der Waals surface area (Å²) in [4.78, 5) is 21.9. The third-order valence-corrected chi connectivity index (χ3v) is 2.73. The van der Waals surface area contributed by atoms with Crippen LogP contribution in [0.4, 0.5) is 11.6 Å². The standard InChI is InChI=1S/C11H9Cl2N5O3/c1-2-14-10-15-9(13)16-11(17-10)21-8-6(12)4-3-5-7(8)18(19)20/h3-5H,2H2,1H3,(H,14,15,16,17). The Bertz CT molecular complexity index is 683. The number of rotatable bonds is 5. The summed E-state index contributed by atoms with van der Waals surface area (Å²) in [5, 5.41) is 13.8. The largest absolute Gasteiger partial charge is 0.415 e. The second-order valence-corrected chi connectivity index (χ2v) is 4.43. The number of para-hydroxylation sites is 1. The van der Waals surface area contributed by atoms with Crippen molar-refractivity contribution in [3.8, 4) is 11.8 Å².